The number of aromatic amines is 1. The van der Waals surface area contributed by atoms with E-state index in [1.165, 1.54) is 11.3 Å². The van der Waals surface area contributed by atoms with Crippen LogP contribution >= 0.6 is 11.3 Å². The predicted molar refractivity (Wildman–Crippen MR) is 80.4 cm³/mol. The molecule has 2 aromatic heterocycles. The number of halogens is 3. The molecule has 2 heterocycles. The number of anilines is 1. The minimum Gasteiger partial charge on any atom is -0.339 e. The Kier molecular flexibility index (Phi) is 5.22. The molecule has 0 saturated heterocycles. The molecule has 0 aliphatic carbocycles. The van der Waals surface area contributed by atoms with Crippen molar-refractivity contribution in [3.63, 3.8) is 0 Å². The number of aromatic nitrogens is 3. The molecule has 3 N–H and O–H groups in total. The van der Waals surface area contributed by atoms with Crippen molar-refractivity contribution in [3.8, 4) is 0 Å². The third kappa shape index (κ3) is 4.31. The largest absolute Gasteiger partial charge is 0.451 e. The number of hydrogen-bond acceptors (Lipinski definition) is 5. The van der Waals surface area contributed by atoms with Crippen molar-refractivity contribution in [1.82, 2.24) is 20.5 Å². The second-order valence-corrected chi connectivity index (χ2v) is 6.11. The molecule has 2 rings (SSSR count). The van der Waals surface area contributed by atoms with Crippen molar-refractivity contribution < 1.29 is 22.8 Å². The van der Waals surface area contributed by atoms with Gasteiger partial charge in [0.25, 0.3) is 5.91 Å². The van der Waals surface area contributed by atoms with Gasteiger partial charge in [0.15, 0.2) is 0 Å². The van der Waals surface area contributed by atoms with Crippen LogP contribution in [-0.4, -0.2) is 33.0 Å². The maximum Gasteiger partial charge on any atom is 0.451 e. The molecule has 24 heavy (non-hydrogen) atoms. The van der Waals surface area contributed by atoms with Crippen LogP contribution in [0.4, 0.5) is 19.1 Å². The van der Waals surface area contributed by atoms with E-state index in [2.05, 4.69) is 20.7 Å². The van der Waals surface area contributed by atoms with Crippen molar-refractivity contribution >= 4 is 29.1 Å². The summed E-state index contributed by atoms with van der Waals surface area (Å²) in [6, 6.07) is 2.34. The van der Waals surface area contributed by atoms with Gasteiger partial charge in [-0.1, -0.05) is 19.9 Å². The number of nitrogens with zero attached hydrogens (tertiary/aromatic N) is 2. The average Bonchev–Trinajstić information content (AvgIpc) is 3.14. The van der Waals surface area contributed by atoms with Gasteiger partial charge in [-0.3, -0.25) is 20.0 Å². The van der Waals surface area contributed by atoms with Crippen LogP contribution in [0.5, 0.6) is 0 Å². The number of thiophene rings is 1. The maximum absolute atomic E-state index is 12.5. The summed E-state index contributed by atoms with van der Waals surface area (Å²) in [7, 11) is 0. The topological polar surface area (TPSA) is 99.8 Å². The molecule has 1 unspecified atom stereocenters. The van der Waals surface area contributed by atoms with Crippen LogP contribution in [0.15, 0.2) is 17.5 Å². The van der Waals surface area contributed by atoms with E-state index in [0.29, 0.717) is 4.88 Å². The van der Waals surface area contributed by atoms with E-state index in [0.717, 1.165) is 0 Å². The normalized spacial score (nSPS) is 12.9. The molecule has 11 heteroatoms. The first-order valence-corrected chi connectivity index (χ1v) is 7.71. The van der Waals surface area contributed by atoms with E-state index >= 15 is 0 Å². The first kappa shape index (κ1) is 17.9. The minimum absolute atomic E-state index is 0.296. The summed E-state index contributed by atoms with van der Waals surface area (Å²) in [6.07, 6.45) is -4.69. The quantitative estimate of drug-likeness (QED) is 0.761. The van der Waals surface area contributed by atoms with Crippen LogP contribution in [0, 0.1) is 5.92 Å². The van der Waals surface area contributed by atoms with Gasteiger partial charge in [-0.2, -0.15) is 18.2 Å². The maximum atomic E-state index is 12.5. The molecule has 0 radical (unpaired) electrons. The minimum atomic E-state index is -4.69. The van der Waals surface area contributed by atoms with Crippen LogP contribution < -0.4 is 10.6 Å². The summed E-state index contributed by atoms with van der Waals surface area (Å²) in [4.78, 5) is 27.8. The summed E-state index contributed by atoms with van der Waals surface area (Å²) < 4.78 is 37.4. The Morgan fingerprint density at radius 2 is 2.04 bits per heavy atom. The number of alkyl halides is 3. The molecule has 0 spiro atoms. The summed E-state index contributed by atoms with van der Waals surface area (Å²) in [6.45, 7) is 3.39. The summed E-state index contributed by atoms with van der Waals surface area (Å²) in [5.41, 5.74) is 0. The zero-order valence-corrected chi connectivity index (χ0v) is 13.5. The number of amides is 2. The number of carbonyl (C=O) groups is 2. The highest BCUT2D eigenvalue weighted by atomic mass is 32.1. The molecule has 2 aromatic rings. The van der Waals surface area contributed by atoms with E-state index in [4.69, 9.17) is 0 Å². The van der Waals surface area contributed by atoms with Crippen molar-refractivity contribution in [2.75, 3.05) is 5.32 Å². The highest BCUT2D eigenvalue weighted by Gasteiger charge is 2.35. The molecule has 0 aromatic carbocycles. The van der Waals surface area contributed by atoms with Gasteiger partial charge in [0.2, 0.25) is 17.7 Å². The molecule has 0 aliphatic heterocycles. The number of nitrogens with one attached hydrogen (secondary N) is 3. The third-order valence-electron chi connectivity index (χ3n) is 2.97. The first-order chi connectivity index (χ1) is 11.2. The van der Waals surface area contributed by atoms with E-state index in [1.807, 2.05) is 0 Å². The molecule has 0 saturated carbocycles. The number of rotatable bonds is 5. The summed E-state index contributed by atoms with van der Waals surface area (Å²) in [5.74, 6) is -3.27. The average molecular weight is 361 g/mol. The Hall–Kier alpha value is -2.43. The SMILES string of the molecule is CC(C)C(NC(=O)c1cccs1)C(=O)Nc1n[nH]c(C(F)(F)F)n1. The van der Waals surface area contributed by atoms with E-state index in [1.54, 1.807) is 36.5 Å². The standard InChI is InChI=1S/C13H14F3N5O2S/c1-6(2)8(17-9(22)7-4-3-5-24-7)10(23)18-12-19-11(20-21-12)13(14,15)16/h3-6,8H,1-2H3,(H,17,22)(H2,18,19,20,21,23). The van der Waals surface area contributed by atoms with Crippen LogP contribution in [0.1, 0.15) is 29.3 Å². The van der Waals surface area contributed by atoms with Gasteiger partial charge in [0.05, 0.1) is 4.88 Å². The molecule has 0 fully saturated rings. The van der Waals surface area contributed by atoms with Crippen molar-refractivity contribution in [2.45, 2.75) is 26.1 Å². The fourth-order valence-corrected chi connectivity index (χ4v) is 2.41. The Morgan fingerprint density at radius 1 is 1.33 bits per heavy atom. The van der Waals surface area contributed by atoms with E-state index in [9.17, 15) is 22.8 Å². The molecule has 0 bridgehead atoms. The van der Waals surface area contributed by atoms with E-state index in [-0.39, 0.29) is 5.92 Å². The van der Waals surface area contributed by atoms with Crippen LogP contribution in [0.3, 0.4) is 0 Å². The fourth-order valence-electron chi connectivity index (χ4n) is 1.79. The lowest BCUT2D eigenvalue weighted by Crippen LogP contribution is -2.47. The number of H-pyrrole nitrogens is 1. The number of carbonyl (C=O) groups excluding carboxylic acids is 2. The molecule has 0 aliphatic rings. The lowest BCUT2D eigenvalue weighted by molar-refractivity contribution is -0.144. The van der Waals surface area contributed by atoms with Gasteiger partial charge in [-0.05, 0) is 17.4 Å². The van der Waals surface area contributed by atoms with Crippen molar-refractivity contribution in [1.29, 1.82) is 0 Å². The second-order valence-electron chi connectivity index (χ2n) is 5.17. The Balaban J connectivity index is 2.06. The zero-order valence-electron chi connectivity index (χ0n) is 12.6. The third-order valence-corrected chi connectivity index (χ3v) is 3.84. The fraction of sp³-hybridized carbons (Fsp3) is 0.385. The van der Waals surface area contributed by atoms with Gasteiger partial charge in [0, 0.05) is 0 Å². The molecule has 1 atom stereocenters. The lowest BCUT2D eigenvalue weighted by atomic mass is 10.0. The molecule has 7 nitrogen and oxygen atoms in total. The smallest absolute Gasteiger partial charge is 0.339 e. The Bertz CT molecular complexity index is 712. The second kappa shape index (κ2) is 6.99. The van der Waals surface area contributed by atoms with Crippen LogP contribution in [0.2, 0.25) is 0 Å². The molecular formula is C13H14F3N5O2S. The first-order valence-electron chi connectivity index (χ1n) is 6.83. The van der Waals surface area contributed by atoms with Gasteiger partial charge >= 0.3 is 6.18 Å². The molecule has 130 valence electrons. The van der Waals surface area contributed by atoms with Crippen molar-refractivity contribution in [2.24, 2.45) is 5.92 Å². The monoisotopic (exact) mass is 361 g/mol. The van der Waals surface area contributed by atoms with E-state index < -0.39 is 35.8 Å². The van der Waals surface area contributed by atoms with Crippen LogP contribution in [-0.2, 0) is 11.0 Å². The zero-order chi connectivity index (χ0) is 17.9. The number of hydrogen-bond donors (Lipinski definition) is 3. The van der Waals surface area contributed by atoms with Gasteiger partial charge < -0.3 is 5.32 Å². The van der Waals surface area contributed by atoms with Crippen molar-refractivity contribution in [3.05, 3.63) is 28.2 Å². The highest BCUT2D eigenvalue weighted by molar-refractivity contribution is 7.12. The van der Waals surface area contributed by atoms with Crippen LogP contribution in [0.25, 0.3) is 0 Å². The molecular weight excluding hydrogens is 347 g/mol. The Labute approximate surface area is 138 Å². The summed E-state index contributed by atoms with van der Waals surface area (Å²) in [5, 5.41) is 11.4. The highest BCUT2D eigenvalue weighted by Crippen LogP contribution is 2.26. The van der Waals surface area contributed by atoms with Gasteiger partial charge in [0.1, 0.15) is 6.04 Å². The lowest BCUT2D eigenvalue weighted by Gasteiger charge is -2.20. The van der Waals surface area contributed by atoms with Gasteiger partial charge in [-0.15, -0.1) is 16.4 Å². The van der Waals surface area contributed by atoms with Gasteiger partial charge in [-0.25, -0.2) is 0 Å². The molecule has 2 amide bonds. The predicted octanol–water partition coefficient (Wildman–Crippen LogP) is 2.28. The summed E-state index contributed by atoms with van der Waals surface area (Å²) >= 11 is 1.21. The Morgan fingerprint density at radius 3 is 2.54 bits per heavy atom.